The molecule has 0 radical (unpaired) electrons. The molecule has 3 atom stereocenters. The number of anilines is 1. The van der Waals surface area contributed by atoms with Crippen LogP contribution in [0.15, 0.2) is 46.8 Å². The molecular formula is C27H36N2O6. The summed E-state index contributed by atoms with van der Waals surface area (Å²) in [6.07, 6.45) is 1.38. The van der Waals surface area contributed by atoms with Crippen LogP contribution in [-0.4, -0.2) is 58.7 Å². The summed E-state index contributed by atoms with van der Waals surface area (Å²) >= 11 is 0. The van der Waals surface area contributed by atoms with Crippen molar-refractivity contribution in [3.8, 4) is 0 Å². The van der Waals surface area contributed by atoms with Gasteiger partial charge in [0.25, 0.3) is 0 Å². The Hall–Kier alpha value is -3.13. The molecule has 1 heterocycles. The number of hydrogen-bond acceptors (Lipinski definition) is 8. The summed E-state index contributed by atoms with van der Waals surface area (Å²) in [7, 11) is 5.18. The van der Waals surface area contributed by atoms with Gasteiger partial charge in [-0.2, -0.15) is 0 Å². The third kappa shape index (κ3) is 5.59. The van der Waals surface area contributed by atoms with Gasteiger partial charge in [-0.3, -0.25) is 9.59 Å². The highest BCUT2D eigenvalue weighted by Crippen LogP contribution is 2.45. The van der Waals surface area contributed by atoms with Gasteiger partial charge in [0.1, 0.15) is 12.5 Å². The van der Waals surface area contributed by atoms with Gasteiger partial charge in [-0.15, -0.1) is 0 Å². The monoisotopic (exact) mass is 484 g/mol. The fourth-order valence-electron chi connectivity index (χ4n) is 4.77. The van der Waals surface area contributed by atoms with E-state index in [1.54, 1.807) is 0 Å². The fraction of sp³-hybridized carbons (Fsp3) is 0.519. The second-order valence-corrected chi connectivity index (χ2v) is 9.27. The second kappa shape index (κ2) is 11.5. The standard InChI is InChI=1S/C27H36N2O6/c1-7-12-34-13-14-35-27(32)22-17(3)28-20-15-16(2)21(26(31)33-6)25(30)24(20)23(22)18-8-10-19(11-9-18)29(4)5/h8-11,16,21,23,28H,7,12-15H2,1-6H3. The zero-order valence-electron chi connectivity index (χ0n) is 21.5. The molecule has 3 rings (SSSR count). The number of carbonyl (C=O) groups is 3. The maximum Gasteiger partial charge on any atom is 0.336 e. The van der Waals surface area contributed by atoms with Crippen LogP contribution in [0.25, 0.3) is 0 Å². The van der Waals surface area contributed by atoms with Gasteiger partial charge in [-0.1, -0.05) is 26.0 Å². The van der Waals surface area contributed by atoms with Crippen LogP contribution in [0, 0.1) is 11.8 Å². The number of carbonyl (C=O) groups excluding carboxylic acids is 3. The van der Waals surface area contributed by atoms with Crippen molar-refractivity contribution in [3.63, 3.8) is 0 Å². The summed E-state index contributed by atoms with van der Waals surface area (Å²) in [5.41, 5.74) is 3.95. The van der Waals surface area contributed by atoms with E-state index in [-0.39, 0.29) is 18.3 Å². The van der Waals surface area contributed by atoms with E-state index in [0.717, 1.165) is 23.4 Å². The normalized spacial score (nSPS) is 21.9. The molecule has 0 amide bonds. The zero-order chi connectivity index (χ0) is 25.7. The molecule has 8 heteroatoms. The third-order valence-corrected chi connectivity index (χ3v) is 6.52. The van der Waals surface area contributed by atoms with Gasteiger partial charge in [-0.25, -0.2) is 4.79 Å². The van der Waals surface area contributed by atoms with E-state index in [9.17, 15) is 14.4 Å². The van der Waals surface area contributed by atoms with Crippen LogP contribution in [0.3, 0.4) is 0 Å². The largest absolute Gasteiger partial charge is 0.468 e. The van der Waals surface area contributed by atoms with Crippen molar-refractivity contribution in [1.29, 1.82) is 0 Å². The highest BCUT2D eigenvalue weighted by atomic mass is 16.6. The number of dihydropyridines is 1. The first-order valence-corrected chi connectivity index (χ1v) is 12.1. The number of nitrogens with one attached hydrogen (secondary N) is 1. The van der Waals surface area contributed by atoms with Crippen LogP contribution >= 0.6 is 0 Å². The Morgan fingerprint density at radius 2 is 1.80 bits per heavy atom. The molecular weight excluding hydrogens is 448 g/mol. The molecule has 0 fully saturated rings. The van der Waals surface area contributed by atoms with Crippen LogP contribution in [0.2, 0.25) is 0 Å². The Morgan fingerprint density at radius 1 is 1.11 bits per heavy atom. The van der Waals surface area contributed by atoms with Crippen molar-refractivity contribution < 1.29 is 28.6 Å². The highest BCUT2D eigenvalue weighted by Gasteiger charge is 2.47. The molecule has 190 valence electrons. The number of nitrogens with zero attached hydrogens (tertiary/aromatic N) is 1. The maximum atomic E-state index is 13.7. The van der Waals surface area contributed by atoms with Crippen LogP contribution in [0.1, 0.15) is 45.1 Å². The van der Waals surface area contributed by atoms with Gasteiger partial charge in [-0.05, 0) is 43.4 Å². The minimum atomic E-state index is -0.915. The summed E-state index contributed by atoms with van der Waals surface area (Å²) in [5.74, 6) is -3.18. The van der Waals surface area contributed by atoms with Crippen molar-refractivity contribution in [2.24, 2.45) is 11.8 Å². The minimum absolute atomic E-state index is 0.115. The zero-order valence-corrected chi connectivity index (χ0v) is 21.5. The van der Waals surface area contributed by atoms with Crippen LogP contribution in [0.5, 0.6) is 0 Å². The molecule has 3 unspecified atom stereocenters. The molecule has 1 aromatic carbocycles. The van der Waals surface area contributed by atoms with Gasteiger partial charge in [0, 0.05) is 49.3 Å². The lowest BCUT2D eigenvalue weighted by Crippen LogP contribution is -2.43. The number of benzene rings is 1. The SMILES string of the molecule is CCCOCCOC(=O)C1=C(C)NC2=C(C(=O)C(C(=O)OC)C(C)C2)C1c1ccc(N(C)C)cc1. The van der Waals surface area contributed by atoms with Crippen molar-refractivity contribution in [2.45, 2.75) is 39.5 Å². The van der Waals surface area contributed by atoms with Gasteiger partial charge in [0.15, 0.2) is 5.78 Å². The van der Waals surface area contributed by atoms with E-state index >= 15 is 0 Å². The first kappa shape index (κ1) is 26.5. The molecule has 1 aliphatic carbocycles. The average molecular weight is 485 g/mol. The smallest absolute Gasteiger partial charge is 0.336 e. The Bertz CT molecular complexity index is 1020. The van der Waals surface area contributed by atoms with Gasteiger partial charge in [0.05, 0.1) is 19.3 Å². The summed E-state index contributed by atoms with van der Waals surface area (Å²) < 4.78 is 15.9. The third-order valence-electron chi connectivity index (χ3n) is 6.52. The van der Waals surface area contributed by atoms with Crippen molar-refractivity contribution in [2.75, 3.05) is 45.9 Å². The maximum absolute atomic E-state index is 13.7. The van der Waals surface area contributed by atoms with E-state index in [2.05, 4.69) is 5.32 Å². The lowest BCUT2D eigenvalue weighted by Gasteiger charge is -2.38. The van der Waals surface area contributed by atoms with Crippen LogP contribution in [0.4, 0.5) is 5.69 Å². The van der Waals surface area contributed by atoms with E-state index in [4.69, 9.17) is 14.2 Å². The number of rotatable bonds is 9. The Morgan fingerprint density at radius 3 is 2.40 bits per heavy atom. The molecule has 2 aliphatic rings. The van der Waals surface area contributed by atoms with E-state index in [1.807, 2.05) is 64.0 Å². The number of ether oxygens (including phenoxy) is 3. The lowest BCUT2D eigenvalue weighted by atomic mass is 9.69. The minimum Gasteiger partial charge on any atom is -0.468 e. The quantitative estimate of drug-likeness (QED) is 0.324. The Balaban J connectivity index is 2.03. The van der Waals surface area contributed by atoms with Gasteiger partial charge >= 0.3 is 11.9 Å². The number of esters is 2. The Labute approximate surface area is 207 Å². The lowest BCUT2D eigenvalue weighted by molar-refractivity contribution is -0.151. The summed E-state index contributed by atoms with van der Waals surface area (Å²) in [4.78, 5) is 41.5. The second-order valence-electron chi connectivity index (χ2n) is 9.27. The predicted octanol–water partition coefficient (Wildman–Crippen LogP) is 3.34. The number of methoxy groups -OCH3 is 1. The van der Waals surface area contributed by atoms with Gasteiger partial charge in [0.2, 0.25) is 0 Å². The van der Waals surface area contributed by atoms with Crippen molar-refractivity contribution >= 4 is 23.4 Å². The molecule has 1 aromatic rings. The predicted molar refractivity (Wildman–Crippen MR) is 133 cm³/mol. The molecule has 0 bridgehead atoms. The number of Topliss-reactive ketones (excluding diaryl/α,β-unsaturated/α-hetero) is 1. The number of allylic oxidation sites excluding steroid dienone is 3. The molecule has 8 nitrogen and oxygen atoms in total. The van der Waals surface area contributed by atoms with E-state index in [0.29, 0.717) is 36.5 Å². The van der Waals surface area contributed by atoms with E-state index < -0.39 is 23.8 Å². The molecule has 1 aliphatic heterocycles. The molecule has 1 N–H and O–H groups in total. The van der Waals surface area contributed by atoms with Crippen LogP contribution < -0.4 is 10.2 Å². The van der Waals surface area contributed by atoms with Gasteiger partial charge < -0.3 is 24.4 Å². The van der Waals surface area contributed by atoms with Crippen molar-refractivity contribution in [1.82, 2.24) is 5.32 Å². The molecule has 35 heavy (non-hydrogen) atoms. The first-order valence-electron chi connectivity index (χ1n) is 12.1. The summed E-state index contributed by atoms with van der Waals surface area (Å²) in [5, 5.41) is 3.27. The highest BCUT2D eigenvalue weighted by molar-refractivity contribution is 6.12. The topological polar surface area (TPSA) is 94.2 Å². The first-order chi connectivity index (χ1) is 16.7. The van der Waals surface area contributed by atoms with E-state index in [1.165, 1.54) is 7.11 Å². The molecule has 0 aromatic heterocycles. The number of ketones is 1. The average Bonchev–Trinajstić information content (AvgIpc) is 2.82. The summed E-state index contributed by atoms with van der Waals surface area (Å²) in [6.45, 7) is 6.70. The fourth-order valence-corrected chi connectivity index (χ4v) is 4.77. The molecule has 0 spiro atoms. The summed E-state index contributed by atoms with van der Waals surface area (Å²) in [6, 6.07) is 7.73. The Kier molecular flexibility index (Phi) is 8.72. The van der Waals surface area contributed by atoms with Crippen LogP contribution in [-0.2, 0) is 28.6 Å². The number of hydrogen-bond donors (Lipinski definition) is 1. The molecule has 0 saturated carbocycles. The molecule has 0 saturated heterocycles. The van der Waals surface area contributed by atoms with Crippen molar-refractivity contribution in [3.05, 3.63) is 52.4 Å².